The summed E-state index contributed by atoms with van der Waals surface area (Å²) < 4.78 is 4.77. The van der Waals surface area contributed by atoms with Crippen molar-refractivity contribution in [3.05, 3.63) is 57.6 Å². The van der Waals surface area contributed by atoms with Crippen LogP contribution < -0.4 is 16.4 Å². The number of fused-ring (bicyclic) bond motifs is 1. The van der Waals surface area contributed by atoms with Crippen molar-refractivity contribution >= 4 is 63.5 Å². The molecule has 162 valence electrons. The lowest BCUT2D eigenvalue weighted by molar-refractivity contribution is -0.137. The lowest BCUT2D eigenvalue weighted by Gasteiger charge is -2.29. The summed E-state index contributed by atoms with van der Waals surface area (Å²) in [6.07, 6.45) is -0.0196. The van der Waals surface area contributed by atoms with Crippen LogP contribution in [0, 0.1) is 0 Å². The fourth-order valence-electron chi connectivity index (χ4n) is 3.43. The quantitative estimate of drug-likeness (QED) is 0.486. The van der Waals surface area contributed by atoms with E-state index in [2.05, 4.69) is 10.6 Å². The number of primary amides is 1. The van der Waals surface area contributed by atoms with Crippen LogP contribution in [0.5, 0.6) is 0 Å². The van der Waals surface area contributed by atoms with Gasteiger partial charge in [0.15, 0.2) is 0 Å². The predicted octanol–water partition coefficient (Wildman–Crippen LogP) is 3.24. The Morgan fingerprint density at radius 2 is 1.90 bits per heavy atom. The smallest absolute Gasteiger partial charge is 0.326 e. The van der Waals surface area contributed by atoms with Crippen LogP contribution in [0.3, 0.4) is 0 Å². The predicted molar refractivity (Wildman–Crippen MR) is 119 cm³/mol. The van der Waals surface area contributed by atoms with Crippen LogP contribution in [-0.4, -0.2) is 42.6 Å². The van der Waals surface area contributed by atoms with E-state index in [0.29, 0.717) is 33.1 Å². The maximum absolute atomic E-state index is 12.5. The Labute approximate surface area is 188 Å². The Hall–Kier alpha value is -3.07. The Bertz CT molecular complexity index is 1080. The Kier molecular flexibility index (Phi) is 6.84. The molecule has 0 saturated carbocycles. The van der Waals surface area contributed by atoms with Gasteiger partial charge >= 0.3 is 5.97 Å². The van der Waals surface area contributed by atoms with E-state index < -0.39 is 17.9 Å². The summed E-state index contributed by atoms with van der Waals surface area (Å²) in [6, 6.07) is 8.48. The van der Waals surface area contributed by atoms with Crippen molar-refractivity contribution in [2.75, 3.05) is 24.4 Å². The molecule has 1 aliphatic heterocycles. The van der Waals surface area contributed by atoms with Gasteiger partial charge in [-0.05, 0) is 35.4 Å². The van der Waals surface area contributed by atoms with Crippen molar-refractivity contribution in [2.24, 2.45) is 5.73 Å². The third-order valence-corrected chi connectivity index (χ3v) is 5.19. The molecule has 10 heteroatoms. The van der Waals surface area contributed by atoms with Gasteiger partial charge in [-0.1, -0.05) is 35.3 Å². The molecule has 2 amide bonds. The number of aliphatic carboxylic acids is 1. The molecule has 0 aromatic heterocycles. The summed E-state index contributed by atoms with van der Waals surface area (Å²) in [6.45, 7) is -0.0975. The maximum atomic E-state index is 12.5. The van der Waals surface area contributed by atoms with E-state index in [0.717, 1.165) is 0 Å². The number of hydrogen-bond acceptors (Lipinski definition) is 5. The highest BCUT2D eigenvalue weighted by atomic mass is 35.5. The number of carbonyl (C=O) groups is 3. The first kappa shape index (κ1) is 22.6. The molecular weight excluding hydrogens is 445 g/mol. The summed E-state index contributed by atoms with van der Waals surface area (Å²) in [5, 5.41) is 15.7. The van der Waals surface area contributed by atoms with E-state index in [4.69, 9.17) is 33.7 Å². The number of halogens is 2. The van der Waals surface area contributed by atoms with Gasteiger partial charge < -0.3 is 26.2 Å². The van der Waals surface area contributed by atoms with E-state index in [-0.39, 0.29) is 29.5 Å². The number of carboxylic acids is 1. The second-order valence-corrected chi connectivity index (χ2v) is 7.67. The van der Waals surface area contributed by atoms with Crippen molar-refractivity contribution in [3.63, 3.8) is 0 Å². The Balaban J connectivity index is 2.13. The molecular formula is C21H19Cl2N3O5. The summed E-state index contributed by atoms with van der Waals surface area (Å²) in [4.78, 5) is 35.8. The van der Waals surface area contributed by atoms with Crippen molar-refractivity contribution < 1.29 is 24.2 Å². The molecule has 0 fully saturated rings. The van der Waals surface area contributed by atoms with E-state index in [1.165, 1.54) is 13.2 Å². The number of ether oxygens (including phenoxy) is 1. The fourth-order valence-corrected chi connectivity index (χ4v) is 4.04. The zero-order chi connectivity index (χ0) is 22.7. The number of carboxylic acid groups (broad SMARTS) is 1. The number of anilines is 2. The third-order valence-electron chi connectivity index (χ3n) is 4.67. The molecule has 2 aromatic rings. The van der Waals surface area contributed by atoms with Gasteiger partial charge in [0.25, 0.3) is 0 Å². The first-order valence-electron chi connectivity index (χ1n) is 9.12. The van der Waals surface area contributed by atoms with Crippen LogP contribution >= 0.6 is 23.2 Å². The van der Waals surface area contributed by atoms with Gasteiger partial charge in [-0.25, -0.2) is 4.79 Å². The molecule has 2 aromatic carbocycles. The summed E-state index contributed by atoms with van der Waals surface area (Å²) in [5.74, 6) is -2.17. The van der Waals surface area contributed by atoms with Crippen molar-refractivity contribution in [2.45, 2.75) is 12.5 Å². The number of rotatable bonds is 6. The third kappa shape index (κ3) is 4.99. The number of nitrogens with one attached hydrogen (secondary N) is 2. The molecule has 1 atom stereocenters. The standard InChI is InChI=1S/C21H19Cl2N3O5/c1-31-9-17(27)25-12-4-2-10(3-5-12)18(20(24)28)13-8-16(21(29)30)26-15-7-11(22)6-14(23)19(13)15/h2-7,16,26H,8-9H2,1H3,(H2,24,28)(H,25,27)(H,29,30)/b18-13+. The van der Waals surface area contributed by atoms with Crippen molar-refractivity contribution in [1.82, 2.24) is 0 Å². The molecule has 0 bridgehead atoms. The second-order valence-electron chi connectivity index (χ2n) is 6.83. The van der Waals surface area contributed by atoms with Gasteiger partial charge in [-0.2, -0.15) is 0 Å². The van der Waals surface area contributed by atoms with E-state index >= 15 is 0 Å². The number of amides is 2. The van der Waals surface area contributed by atoms with Gasteiger partial charge in [0.05, 0.1) is 10.6 Å². The molecule has 8 nitrogen and oxygen atoms in total. The molecule has 1 unspecified atom stereocenters. The highest BCUT2D eigenvalue weighted by Gasteiger charge is 2.32. The molecule has 31 heavy (non-hydrogen) atoms. The SMILES string of the molecule is COCC(=O)Nc1ccc(/C(C(N)=O)=C2/CC(C(=O)O)Nc3cc(Cl)cc(Cl)c32)cc1. The zero-order valence-electron chi connectivity index (χ0n) is 16.4. The average Bonchev–Trinajstić information content (AvgIpc) is 2.68. The van der Waals surface area contributed by atoms with Gasteiger partial charge in [0, 0.05) is 35.5 Å². The van der Waals surface area contributed by atoms with E-state index in [1.54, 1.807) is 30.3 Å². The van der Waals surface area contributed by atoms with Gasteiger partial charge in [-0.3, -0.25) is 9.59 Å². The van der Waals surface area contributed by atoms with Crippen molar-refractivity contribution in [3.8, 4) is 0 Å². The molecule has 5 N–H and O–H groups in total. The van der Waals surface area contributed by atoms with Crippen LogP contribution in [0.15, 0.2) is 36.4 Å². The number of benzene rings is 2. The van der Waals surface area contributed by atoms with Crippen LogP contribution in [-0.2, 0) is 19.1 Å². The van der Waals surface area contributed by atoms with Gasteiger partial charge in [0.2, 0.25) is 11.8 Å². The molecule has 0 radical (unpaired) electrons. The summed E-state index contributed by atoms with van der Waals surface area (Å²) in [5.41, 5.74) is 8.04. The van der Waals surface area contributed by atoms with E-state index in [9.17, 15) is 19.5 Å². The van der Waals surface area contributed by atoms with Crippen LogP contribution in [0.25, 0.3) is 11.1 Å². The van der Waals surface area contributed by atoms with Crippen LogP contribution in [0.2, 0.25) is 10.0 Å². The van der Waals surface area contributed by atoms with Gasteiger partial charge in [0.1, 0.15) is 12.6 Å². The largest absolute Gasteiger partial charge is 0.480 e. The van der Waals surface area contributed by atoms with Crippen molar-refractivity contribution in [1.29, 1.82) is 0 Å². The Morgan fingerprint density at radius 3 is 2.48 bits per heavy atom. The molecule has 0 saturated heterocycles. The summed E-state index contributed by atoms with van der Waals surface area (Å²) >= 11 is 12.5. The van der Waals surface area contributed by atoms with E-state index in [1.807, 2.05) is 0 Å². The molecule has 1 heterocycles. The zero-order valence-corrected chi connectivity index (χ0v) is 17.9. The topological polar surface area (TPSA) is 131 Å². The lowest BCUT2D eigenvalue weighted by Crippen LogP contribution is -2.33. The fraction of sp³-hybridized carbons (Fsp3) is 0.190. The molecule has 3 rings (SSSR count). The number of carbonyl (C=O) groups excluding carboxylic acids is 2. The highest BCUT2D eigenvalue weighted by Crippen LogP contribution is 2.43. The minimum atomic E-state index is -1.10. The normalized spacial score (nSPS) is 16.7. The van der Waals surface area contributed by atoms with Crippen LogP contribution in [0.4, 0.5) is 11.4 Å². The highest BCUT2D eigenvalue weighted by molar-refractivity contribution is 6.38. The Morgan fingerprint density at radius 1 is 1.23 bits per heavy atom. The average molecular weight is 464 g/mol. The molecule has 0 aliphatic carbocycles. The minimum absolute atomic E-state index is 0.0196. The second kappa shape index (κ2) is 9.38. The lowest BCUT2D eigenvalue weighted by atomic mass is 9.86. The molecule has 1 aliphatic rings. The van der Waals surface area contributed by atoms with Gasteiger partial charge in [-0.15, -0.1) is 0 Å². The monoisotopic (exact) mass is 463 g/mol. The van der Waals surface area contributed by atoms with Crippen LogP contribution in [0.1, 0.15) is 17.5 Å². The number of methoxy groups -OCH3 is 1. The number of hydrogen-bond donors (Lipinski definition) is 4. The first-order valence-corrected chi connectivity index (χ1v) is 9.87. The number of nitrogens with two attached hydrogens (primary N) is 1. The molecule has 0 spiro atoms. The first-order chi connectivity index (χ1) is 14.7. The maximum Gasteiger partial charge on any atom is 0.326 e. The summed E-state index contributed by atoms with van der Waals surface area (Å²) in [7, 11) is 1.41. The minimum Gasteiger partial charge on any atom is -0.480 e.